The first kappa shape index (κ1) is 18.3. The lowest BCUT2D eigenvalue weighted by Crippen LogP contribution is -2.51. The van der Waals surface area contributed by atoms with Crippen LogP contribution in [-0.2, 0) is 4.79 Å². The second kappa shape index (κ2) is 8.72. The average molecular weight is 362 g/mol. The number of benzene rings is 1. The molecule has 5 nitrogen and oxygen atoms in total. The molecule has 1 aromatic rings. The van der Waals surface area contributed by atoms with E-state index in [-0.39, 0.29) is 11.8 Å². The number of nitrogens with zero attached hydrogens (tertiary/aromatic N) is 1. The Labute approximate surface area is 153 Å². The van der Waals surface area contributed by atoms with Crippen molar-refractivity contribution in [1.82, 2.24) is 15.5 Å². The van der Waals surface area contributed by atoms with Gasteiger partial charge in [-0.3, -0.25) is 9.59 Å². The highest BCUT2D eigenvalue weighted by Crippen LogP contribution is 2.21. The van der Waals surface area contributed by atoms with Crippen molar-refractivity contribution in [1.29, 1.82) is 0 Å². The fourth-order valence-corrected chi connectivity index (χ4v) is 4.16. The molecular formula is C19H27N3O2S. The van der Waals surface area contributed by atoms with Gasteiger partial charge >= 0.3 is 0 Å². The van der Waals surface area contributed by atoms with E-state index in [4.69, 9.17) is 0 Å². The average Bonchev–Trinajstić information content (AvgIpc) is 2.97. The molecule has 2 amide bonds. The number of carbonyl (C=O) groups excluding carboxylic acids is 2. The molecule has 3 unspecified atom stereocenters. The Balaban J connectivity index is 1.66. The third-order valence-electron chi connectivity index (χ3n) is 5.08. The van der Waals surface area contributed by atoms with Gasteiger partial charge in [-0.15, -0.1) is 0 Å². The highest BCUT2D eigenvalue weighted by Gasteiger charge is 2.34. The fraction of sp³-hybridized carbons (Fsp3) is 0.579. The molecule has 0 radical (unpaired) electrons. The summed E-state index contributed by atoms with van der Waals surface area (Å²) in [6.07, 6.45) is 6.05. The quantitative estimate of drug-likeness (QED) is 0.812. The van der Waals surface area contributed by atoms with Gasteiger partial charge in [0, 0.05) is 30.7 Å². The van der Waals surface area contributed by atoms with Gasteiger partial charge in [0.15, 0.2) is 0 Å². The van der Waals surface area contributed by atoms with E-state index in [1.54, 1.807) is 23.9 Å². The van der Waals surface area contributed by atoms with Crippen LogP contribution in [0.4, 0.5) is 0 Å². The summed E-state index contributed by atoms with van der Waals surface area (Å²) < 4.78 is 0. The summed E-state index contributed by atoms with van der Waals surface area (Å²) in [5.41, 5.74) is 0.598. The van der Waals surface area contributed by atoms with Gasteiger partial charge in [0.25, 0.3) is 5.91 Å². The van der Waals surface area contributed by atoms with Gasteiger partial charge in [0.2, 0.25) is 5.91 Å². The topological polar surface area (TPSA) is 61.4 Å². The van der Waals surface area contributed by atoms with Crippen molar-refractivity contribution in [3.63, 3.8) is 0 Å². The van der Waals surface area contributed by atoms with Crippen molar-refractivity contribution < 1.29 is 9.59 Å². The summed E-state index contributed by atoms with van der Waals surface area (Å²) in [5, 5.41) is 6.57. The van der Waals surface area contributed by atoms with Crippen molar-refractivity contribution in [3.8, 4) is 0 Å². The fourth-order valence-electron chi connectivity index (χ4n) is 3.69. The number of hydrogen-bond donors (Lipinski definition) is 2. The highest BCUT2D eigenvalue weighted by molar-refractivity contribution is 7.98. The zero-order valence-electron chi connectivity index (χ0n) is 14.7. The molecule has 25 heavy (non-hydrogen) atoms. The zero-order valence-corrected chi connectivity index (χ0v) is 15.6. The minimum absolute atomic E-state index is 0.0627. The van der Waals surface area contributed by atoms with E-state index in [0.717, 1.165) is 31.7 Å². The Morgan fingerprint density at radius 1 is 1.24 bits per heavy atom. The summed E-state index contributed by atoms with van der Waals surface area (Å²) >= 11 is 1.70. The van der Waals surface area contributed by atoms with Gasteiger partial charge in [-0.2, -0.15) is 11.8 Å². The first-order valence-electron chi connectivity index (χ1n) is 9.07. The molecule has 2 saturated heterocycles. The number of likely N-dealkylation sites (tertiary alicyclic amines) is 1. The summed E-state index contributed by atoms with van der Waals surface area (Å²) in [6.45, 7) is 1.54. The normalized spacial score (nSPS) is 23.8. The Morgan fingerprint density at radius 3 is 2.76 bits per heavy atom. The van der Waals surface area contributed by atoms with Crippen LogP contribution in [0.3, 0.4) is 0 Å². The van der Waals surface area contributed by atoms with E-state index in [9.17, 15) is 9.59 Å². The molecule has 2 heterocycles. The van der Waals surface area contributed by atoms with Gasteiger partial charge in [0.05, 0.1) is 0 Å². The third-order valence-corrected chi connectivity index (χ3v) is 5.73. The number of fused-ring (bicyclic) bond motifs is 2. The Hall–Kier alpha value is -1.53. The van der Waals surface area contributed by atoms with Gasteiger partial charge in [-0.1, -0.05) is 18.2 Å². The predicted molar refractivity (Wildman–Crippen MR) is 102 cm³/mol. The lowest BCUT2D eigenvalue weighted by molar-refractivity contribution is -0.133. The maximum Gasteiger partial charge on any atom is 0.251 e. The molecule has 2 bridgehead atoms. The smallest absolute Gasteiger partial charge is 0.251 e. The maximum atomic E-state index is 13.1. The molecule has 2 aliphatic rings. The zero-order chi connectivity index (χ0) is 17.6. The standard InChI is InChI=1S/C19H27N3O2S/c1-25-12-10-17(21-18(23)14-5-3-2-4-6-14)19(24)22-11-9-15-7-8-16(13-22)20-15/h2-6,15-17,20H,7-13H2,1H3,(H,21,23). The SMILES string of the molecule is CSCCC(NC(=O)c1ccccc1)C(=O)N1CCC2CCC(C1)N2. The Kier molecular flexibility index (Phi) is 6.37. The number of nitrogens with one attached hydrogen (secondary N) is 2. The first-order chi connectivity index (χ1) is 12.2. The highest BCUT2D eigenvalue weighted by atomic mass is 32.2. The minimum Gasteiger partial charge on any atom is -0.340 e. The molecule has 3 atom stereocenters. The Morgan fingerprint density at radius 2 is 2.00 bits per heavy atom. The molecule has 2 fully saturated rings. The number of carbonyl (C=O) groups is 2. The molecule has 2 aliphatic heterocycles. The number of amides is 2. The van der Waals surface area contributed by atoms with Gasteiger partial charge in [0.1, 0.15) is 6.04 Å². The van der Waals surface area contributed by atoms with Crippen molar-refractivity contribution in [2.45, 2.75) is 43.8 Å². The van der Waals surface area contributed by atoms with E-state index in [2.05, 4.69) is 10.6 Å². The van der Waals surface area contributed by atoms with Crippen molar-refractivity contribution in [3.05, 3.63) is 35.9 Å². The van der Waals surface area contributed by atoms with E-state index in [0.29, 0.717) is 24.1 Å². The van der Waals surface area contributed by atoms with Crippen molar-refractivity contribution in [2.75, 3.05) is 25.1 Å². The molecule has 1 aromatic carbocycles. The van der Waals surface area contributed by atoms with Crippen molar-refractivity contribution in [2.24, 2.45) is 0 Å². The van der Waals surface area contributed by atoms with Gasteiger partial charge in [-0.25, -0.2) is 0 Å². The molecule has 2 N–H and O–H groups in total. The lowest BCUT2D eigenvalue weighted by atomic mass is 10.1. The lowest BCUT2D eigenvalue weighted by Gasteiger charge is -2.29. The molecule has 0 aromatic heterocycles. The second-order valence-electron chi connectivity index (χ2n) is 6.88. The summed E-state index contributed by atoms with van der Waals surface area (Å²) in [5.74, 6) is 0.742. The van der Waals surface area contributed by atoms with E-state index in [1.807, 2.05) is 29.4 Å². The van der Waals surface area contributed by atoms with E-state index >= 15 is 0 Å². The molecular weight excluding hydrogens is 334 g/mol. The summed E-state index contributed by atoms with van der Waals surface area (Å²) in [7, 11) is 0. The van der Waals surface area contributed by atoms with Crippen LogP contribution in [0, 0.1) is 0 Å². The number of thioether (sulfide) groups is 1. The Bertz CT molecular complexity index is 596. The molecule has 136 valence electrons. The van der Waals surface area contributed by atoms with Crippen LogP contribution in [0.1, 0.15) is 36.0 Å². The van der Waals surface area contributed by atoms with Crippen molar-refractivity contribution >= 4 is 23.6 Å². The van der Waals surface area contributed by atoms with Crippen LogP contribution in [0.5, 0.6) is 0 Å². The summed E-state index contributed by atoms with van der Waals surface area (Å²) in [6, 6.07) is 9.62. The van der Waals surface area contributed by atoms with E-state index in [1.165, 1.54) is 6.42 Å². The van der Waals surface area contributed by atoms with Crippen LogP contribution >= 0.6 is 11.8 Å². The van der Waals surface area contributed by atoms with Crippen LogP contribution < -0.4 is 10.6 Å². The van der Waals surface area contributed by atoms with Gasteiger partial charge in [-0.05, 0) is 49.8 Å². The number of rotatable bonds is 6. The largest absolute Gasteiger partial charge is 0.340 e. The van der Waals surface area contributed by atoms with Crippen LogP contribution in [0.15, 0.2) is 30.3 Å². The minimum atomic E-state index is -0.447. The van der Waals surface area contributed by atoms with E-state index < -0.39 is 6.04 Å². The van der Waals surface area contributed by atoms with Crippen LogP contribution in [0.25, 0.3) is 0 Å². The maximum absolute atomic E-state index is 13.1. The molecule has 6 heteroatoms. The van der Waals surface area contributed by atoms with Crippen LogP contribution in [-0.4, -0.2) is 59.9 Å². The van der Waals surface area contributed by atoms with Crippen LogP contribution in [0.2, 0.25) is 0 Å². The monoisotopic (exact) mass is 361 g/mol. The third kappa shape index (κ3) is 4.76. The predicted octanol–water partition coefficient (Wildman–Crippen LogP) is 1.89. The second-order valence-corrected chi connectivity index (χ2v) is 7.87. The molecule has 0 aliphatic carbocycles. The molecule has 3 rings (SSSR count). The summed E-state index contributed by atoms with van der Waals surface area (Å²) in [4.78, 5) is 27.5. The molecule has 0 spiro atoms. The number of hydrogen-bond acceptors (Lipinski definition) is 4. The molecule has 0 saturated carbocycles. The first-order valence-corrected chi connectivity index (χ1v) is 10.5. The van der Waals surface area contributed by atoms with Gasteiger partial charge < -0.3 is 15.5 Å².